The summed E-state index contributed by atoms with van der Waals surface area (Å²) in [7, 11) is 0. The molecular weight excluding hydrogens is 408 g/mol. The van der Waals surface area contributed by atoms with Crippen LogP contribution in [0.5, 0.6) is 0 Å². The SMILES string of the molecule is NC(=O)c1nc(C=CSC(c2ccccc2)(c2ccccc2)c2ccccc2)cs1. The van der Waals surface area contributed by atoms with Crippen molar-refractivity contribution in [1.82, 2.24) is 4.98 Å². The lowest BCUT2D eigenvalue weighted by molar-refractivity contribution is 0.1000. The summed E-state index contributed by atoms with van der Waals surface area (Å²) >= 11 is 2.97. The molecule has 0 bridgehead atoms. The van der Waals surface area contributed by atoms with Crippen molar-refractivity contribution < 1.29 is 4.79 Å². The van der Waals surface area contributed by atoms with Crippen LogP contribution < -0.4 is 5.73 Å². The maximum Gasteiger partial charge on any atom is 0.277 e. The third-order valence-corrected chi connectivity index (χ3v) is 6.97. The van der Waals surface area contributed by atoms with Crippen LogP contribution in [0.4, 0.5) is 0 Å². The van der Waals surface area contributed by atoms with E-state index in [0.717, 1.165) is 5.69 Å². The lowest BCUT2D eigenvalue weighted by atomic mass is 9.84. The van der Waals surface area contributed by atoms with Gasteiger partial charge >= 0.3 is 0 Å². The standard InChI is InChI=1S/C25H20N2OS2/c26-23(28)24-27-22(18-29-24)16-17-30-25(19-10-4-1-5-11-19,20-12-6-2-7-13-20)21-14-8-3-9-15-21/h1-18H,(H2,26,28). The van der Waals surface area contributed by atoms with Crippen LogP contribution in [0.1, 0.15) is 32.2 Å². The monoisotopic (exact) mass is 428 g/mol. The second kappa shape index (κ2) is 9.11. The van der Waals surface area contributed by atoms with Crippen LogP contribution in [0.3, 0.4) is 0 Å². The van der Waals surface area contributed by atoms with Gasteiger partial charge in [0, 0.05) is 5.38 Å². The first kappa shape index (κ1) is 20.1. The minimum absolute atomic E-state index is 0.320. The molecule has 1 aromatic heterocycles. The Morgan fingerprint density at radius 1 is 0.833 bits per heavy atom. The fraction of sp³-hybridized carbons (Fsp3) is 0.0400. The number of nitrogens with zero attached hydrogens (tertiary/aromatic N) is 1. The second-order valence-electron chi connectivity index (χ2n) is 6.64. The molecule has 0 radical (unpaired) electrons. The molecule has 0 saturated carbocycles. The van der Waals surface area contributed by atoms with Crippen molar-refractivity contribution in [2.75, 3.05) is 0 Å². The molecule has 1 heterocycles. The fourth-order valence-corrected chi connectivity index (χ4v) is 5.27. The molecule has 0 saturated heterocycles. The number of carbonyl (C=O) groups is 1. The minimum Gasteiger partial charge on any atom is -0.364 e. The quantitative estimate of drug-likeness (QED) is 0.371. The Bertz CT molecular complexity index is 1040. The lowest BCUT2D eigenvalue weighted by Crippen LogP contribution is -2.24. The molecule has 5 heteroatoms. The number of carbonyl (C=O) groups excluding carboxylic acids is 1. The van der Waals surface area contributed by atoms with Gasteiger partial charge in [-0.1, -0.05) is 91.0 Å². The van der Waals surface area contributed by atoms with Crippen LogP contribution in [0.2, 0.25) is 0 Å². The molecule has 0 atom stereocenters. The number of hydrogen-bond donors (Lipinski definition) is 1. The molecule has 0 aliphatic carbocycles. The normalized spacial score (nSPS) is 11.6. The smallest absolute Gasteiger partial charge is 0.277 e. The summed E-state index contributed by atoms with van der Waals surface area (Å²) < 4.78 is -0.428. The van der Waals surface area contributed by atoms with Crippen LogP contribution in [0.15, 0.2) is 102 Å². The summed E-state index contributed by atoms with van der Waals surface area (Å²) in [6, 6.07) is 31.5. The van der Waals surface area contributed by atoms with Crippen LogP contribution in [0, 0.1) is 0 Å². The molecule has 0 spiro atoms. The molecule has 4 aromatic rings. The van der Waals surface area contributed by atoms with Crippen LogP contribution in [-0.4, -0.2) is 10.9 Å². The largest absolute Gasteiger partial charge is 0.364 e. The minimum atomic E-state index is -0.500. The molecule has 3 aromatic carbocycles. The molecule has 3 nitrogen and oxygen atoms in total. The number of amides is 1. The number of thiazole rings is 1. The Morgan fingerprint density at radius 2 is 1.30 bits per heavy atom. The Hall–Kier alpha value is -3.15. The Morgan fingerprint density at radius 3 is 1.70 bits per heavy atom. The van der Waals surface area contributed by atoms with E-state index in [1.807, 2.05) is 35.1 Å². The first-order valence-electron chi connectivity index (χ1n) is 9.46. The summed E-state index contributed by atoms with van der Waals surface area (Å²) in [4.78, 5) is 15.6. The van der Waals surface area contributed by atoms with Crippen molar-refractivity contribution >= 4 is 35.1 Å². The summed E-state index contributed by atoms with van der Waals surface area (Å²) in [5, 5.41) is 4.21. The van der Waals surface area contributed by atoms with Gasteiger partial charge in [-0.15, -0.1) is 23.1 Å². The number of benzene rings is 3. The van der Waals surface area contributed by atoms with E-state index in [4.69, 9.17) is 5.73 Å². The number of primary amides is 1. The zero-order valence-electron chi connectivity index (χ0n) is 16.1. The van der Waals surface area contributed by atoms with E-state index in [2.05, 4.69) is 77.8 Å². The molecule has 30 heavy (non-hydrogen) atoms. The van der Waals surface area contributed by atoms with Crippen molar-refractivity contribution in [3.05, 3.63) is 129 Å². The highest BCUT2D eigenvalue weighted by Crippen LogP contribution is 2.49. The second-order valence-corrected chi connectivity index (χ2v) is 8.62. The van der Waals surface area contributed by atoms with Crippen LogP contribution >= 0.6 is 23.1 Å². The molecule has 2 N–H and O–H groups in total. The highest BCUT2D eigenvalue weighted by atomic mass is 32.2. The molecule has 1 amide bonds. The van der Waals surface area contributed by atoms with Crippen molar-refractivity contribution in [3.63, 3.8) is 0 Å². The van der Waals surface area contributed by atoms with Crippen molar-refractivity contribution in [3.8, 4) is 0 Å². The Labute approximate surface area is 184 Å². The number of aromatic nitrogens is 1. The van der Waals surface area contributed by atoms with Gasteiger partial charge in [0.2, 0.25) is 0 Å². The van der Waals surface area contributed by atoms with Gasteiger partial charge < -0.3 is 5.73 Å². The number of hydrogen-bond acceptors (Lipinski definition) is 4. The fourth-order valence-electron chi connectivity index (χ4n) is 3.40. The highest BCUT2D eigenvalue weighted by Gasteiger charge is 2.36. The summed E-state index contributed by atoms with van der Waals surface area (Å²) in [5.41, 5.74) is 9.62. The molecule has 0 aliphatic rings. The molecule has 148 valence electrons. The predicted octanol–water partition coefficient (Wildman–Crippen LogP) is 5.94. The van der Waals surface area contributed by atoms with Gasteiger partial charge in [-0.3, -0.25) is 4.79 Å². The van der Waals surface area contributed by atoms with Crippen LogP contribution in [-0.2, 0) is 4.75 Å². The van der Waals surface area contributed by atoms with Crippen molar-refractivity contribution in [1.29, 1.82) is 0 Å². The Balaban J connectivity index is 1.82. The van der Waals surface area contributed by atoms with Gasteiger partial charge in [0.1, 0.15) is 0 Å². The molecule has 4 rings (SSSR count). The van der Waals surface area contributed by atoms with E-state index in [-0.39, 0.29) is 0 Å². The first-order chi connectivity index (χ1) is 14.7. The molecule has 0 aliphatic heterocycles. The lowest BCUT2D eigenvalue weighted by Gasteiger charge is -2.34. The van der Waals surface area contributed by atoms with E-state index in [1.165, 1.54) is 28.0 Å². The van der Waals surface area contributed by atoms with Gasteiger partial charge in [-0.25, -0.2) is 4.98 Å². The Kier molecular flexibility index (Phi) is 6.12. The van der Waals surface area contributed by atoms with E-state index in [1.54, 1.807) is 11.8 Å². The average molecular weight is 429 g/mol. The summed E-state index contributed by atoms with van der Waals surface area (Å²) in [5.74, 6) is -0.500. The van der Waals surface area contributed by atoms with Gasteiger partial charge in [0.15, 0.2) is 5.01 Å². The maximum absolute atomic E-state index is 11.3. The van der Waals surface area contributed by atoms with Gasteiger partial charge in [-0.2, -0.15) is 0 Å². The maximum atomic E-state index is 11.3. The number of thioether (sulfide) groups is 1. The van der Waals surface area contributed by atoms with Crippen molar-refractivity contribution in [2.45, 2.75) is 4.75 Å². The first-order valence-corrected chi connectivity index (χ1v) is 11.2. The third kappa shape index (κ3) is 4.08. The van der Waals surface area contributed by atoms with Gasteiger partial charge in [0.25, 0.3) is 5.91 Å². The average Bonchev–Trinajstić information content (AvgIpc) is 3.28. The molecule has 0 fully saturated rings. The summed E-state index contributed by atoms with van der Waals surface area (Å²) in [6.45, 7) is 0. The van der Waals surface area contributed by atoms with E-state index >= 15 is 0 Å². The van der Waals surface area contributed by atoms with Gasteiger partial charge in [0.05, 0.1) is 10.4 Å². The molecule has 0 unspecified atom stereocenters. The van der Waals surface area contributed by atoms with E-state index in [9.17, 15) is 4.79 Å². The number of nitrogens with two attached hydrogens (primary N) is 1. The van der Waals surface area contributed by atoms with Crippen LogP contribution in [0.25, 0.3) is 6.08 Å². The van der Waals surface area contributed by atoms with E-state index in [0.29, 0.717) is 5.01 Å². The third-order valence-electron chi connectivity index (χ3n) is 4.76. The summed E-state index contributed by atoms with van der Waals surface area (Å²) in [6.07, 6.45) is 1.93. The predicted molar refractivity (Wildman–Crippen MR) is 126 cm³/mol. The van der Waals surface area contributed by atoms with Gasteiger partial charge in [-0.05, 0) is 28.2 Å². The zero-order valence-corrected chi connectivity index (χ0v) is 17.8. The molecular formula is C25H20N2OS2. The van der Waals surface area contributed by atoms with Crippen molar-refractivity contribution in [2.24, 2.45) is 5.73 Å². The highest BCUT2D eigenvalue weighted by molar-refractivity contribution is 8.03. The number of rotatable bonds is 7. The zero-order chi connectivity index (χ0) is 20.8. The van der Waals surface area contributed by atoms with E-state index < -0.39 is 10.7 Å². The topological polar surface area (TPSA) is 56.0 Å².